The average Bonchev–Trinajstić information content (AvgIpc) is 3.21. The van der Waals surface area contributed by atoms with Crippen LogP contribution in [0.3, 0.4) is 0 Å². The second kappa shape index (κ2) is 8.43. The van der Waals surface area contributed by atoms with Gasteiger partial charge in [-0.25, -0.2) is 8.42 Å². The molecule has 31 heavy (non-hydrogen) atoms. The Morgan fingerprint density at radius 2 is 1.68 bits per heavy atom. The zero-order valence-corrected chi connectivity index (χ0v) is 18.2. The average molecular weight is 437 g/mol. The molecular weight excluding hydrogens is 412 g/mol. The quantitative estimate of drug-likeness (QED) is 0.630. The normalized spacial score (nSPS) is 14.1. The number of nitrogens with one attached hydrogen (secondary N) is 1. The van der Waals surface area contributed by atoms with E-state index in [9.17, 15) is 13.2 Å². The van der Waals surface area contributed by atoms with Gasteiger partial charge in [0.2, 0.25) is 0 Å². The number of amides is 1. The van der Waals surface area contributed by atoms with Crippen LogP contribution in [0.4, 0.5) is 11.4 Å². The molecule has 4 rings (SSSR count). The molecule has 1 N–H and O–H groups in total. The number of carbonyl (C=O) groups is 1. The van der Waals surface area contributed by atoms with E-state index in [0.717, 1.165) is 16.8 Å². The maximum absolute atomic E-state index is 13.1. The molecule has 0 aliphatic carbocycles. The van der Waals surface area contributed by atoms with Crippen molar-refractivity contribution in [1.82, 2.24) is 0 Å². The van der Waals surface area contributed by atoms with Gasteiger partial charge in [-0.05, 0) is 68.3 Å². The van der Waals surface area contributed by atoms with Gasteiger partial charge in [0.15, 0.2) is 6.10 Å². The summed E-state index contributed by atoms with van der Waals surface area (Å²) < 4.78 is 33.3. The second-order valence-corrected chi connectivity index (χ2v) is 9.40. The number of para-hydroxylation sites is 1. The van der Waals surface area contributed by atoms with Crippen LogP contribution in [-0.4, -0.2) is 27.0 Å². The SMILES string of the molecule is Cc1ccc(OC(C)C(=O)Nc2ccc(S(=O)(=O)N3CCc4ccccc43)cc2)cc1. The fraction of sp³-hybridized carbons (Fsp3) is 0.208. The van der Waals surface area contributed by atoms with E-state index in [0.29, 0.717) is 24.4 Å². The van der Waals surface area contributed by atoms with Crippen molar-refractivity contribution in [3.05, 3.63) is 83.9 Å². The Balaban J connectivity index is 1.43. The van der Waals surface area contributed by atoms with Gasteiger partial charge in [-0.15, -0.1) is 0 Å². The highest BCUT2D eigenvalue weighted by atomic mass is 32.2. The van der Waals surface area contributed by atoms with Crippen molar-refractivity contribution >= 4 is 27.3 Å². The van der Waals surface area contributed by atoms with Gasteiger partial charge < -0.3 is 10.1 Å². The number of anilines is 2. The van der Waals surface area contributed by atoms with Gasteiger partial charge in [-0.1, -0.05) is 35.9 Å². The van der Waals surface area contributed by atoms with Crippen molar-refractivity contribution in [3.63, 3.8) is 0 Å². The minimum atomic E-state index is -3.66. The maximum atomic E-state index is 13.1. The highest BCUT2D eigenvalue weighted by Crippen LogP contribution is 2.32. The molecule has 6 nitrogen and oxygen atoms in total. The number of carbonyl (C=O) groups excluding carboxylic acids is 1. The number of hydrogen-bond donors (Lipinski definition) is 1. The molecule has 1 amide bonds. The van der Waals surface area contributed by atoms with Crippen LogP contribution >= 0.6 is 0 Å². The summed E-state index contributed by atoms with van der Waals surface area (Å²) in [5.74, 6) is 0.297. The lowest BCUT2D eigenvalue weighted by Gasteiger charge is -2.20. The molecular formula is C24H24N2O4S. The summed E-state index contributed by atoms with van der Waals surface area (Å²) in [6.45, 7) is 4.07. The molecule has 3 aromatic rings. The lowest BCUT2D eigenvalue weighted by molar-refractivity contribution is -0.122. The molecule has 1 heterocycles. The van der Waals surface area contributed by atoms with Gasteiger partial charge in [0.25, 0.3) is 15.9 Å². The molecule has 0 radical (unpaired) electrons. The van der Waals surface area contributed by atoms with E-state index < -0.39 is 16.1 Å². The van der Waals surface area contributed by atoms with Crippen LogP contribution in [0.5, 0.6) is 5.75 Å². The zero-order chi connectivity index (χ0) is 22.0. The van der Waals surface area contributed by atoms with E-state index in [1.807, 2.05) is 55.5 Å². The molecule has 1 aliphatic heterocycles. The molecule has 1 unspecified atom stereocenters. The van der Waals surface area contributed by atoms with Crippen LogP contribution in [0, 0.1) is 6.92 Å². The van der Waals surface area contributed by atoms with Crippen LogP contribution in [0.1, 0.15) is 18.1 Å². The van der Waals surface area contributed by atoms with Gasteiger partial charge in [-0.2, -0.15) is 0 Å². The lowest BCUT2D eigenvalue weighted by atomic mass is 10.2. The van der Waals surface area contributed by atoms with Crippen LogP contribution in [-0.2, 0) is 21.2 Å². The highest BCUT2D eigenvalue weighted by Gasteiger charge is 2.30. The van der Waals surface area contributed by atoms with Gasteiger partial charge in [-0.3, -0.25) is 9.10 Å². The maximum Gasteiger partial charge on any atom is 0.265 e. The number of benzene rings is 3. The van der Waals surface area contributed by atoms with Gasteiger partial charge in [0.05, 0.1) is 10.6 Å². The predicted molar refractivity (Wildman–Crippen MR) is 121 cm³/mol. The van der Waals surface area contributed by atoms with Gasteiger partial charge in [0.1, 0.15) is 5.75 Å². The Morgan fingerprint density at radius 1 is 1.00 bits per heavy atom. The highest BCUT2D eigenvalue weighted by molar-refractivity contribution is 7.92. The van der Waals surface area contributed by atoms with Crippen LogP contribution < -0.4 is 14.4 Å². The van der Waals surface area contributed by atoms with E-state index >= 15 is 0 Å². The topological polar surface area (TPSA) is 75.7 Å². The minimum Gasteiger partial charge on any atom is -0.481 e. The Labute approximate surface area is 182 Å². The molecule has 3 aromatic carbocycles. The van der Waals surface area contributed by atoms with Crippen LogP contribution in [0.15, 0.2) is 77.7 Å². The molecule has 0 fully saturated rings. The summed E-state index contributed by atoms with van der Waals surface area (Å²) in [5, 5.41) is 2.76. The first-order valence-electron chi connectivity index (χ1n) is 10.1. The molecule has 0 bridgehead atoms. The summed E-state index contributed by atoms with van der Waals surface area (Å²) in [6.07, 6.45) is -0.00481. The van der Waals surface area contributed by atoms with Gasteiger partial charge >= 0.3 is 0 Å². The standard InChI is InChI=1S/C24H24N2O4S/c1-17-7-11-21(12-8-17)30-18(2)24(27)25-20-9-13-22(14-10-20)31(28,29)26-16-15-19-5-3-4-6-23(19)26/h3-14,18H,15-16H2,1-2H3,(H,25,27). The van der Waals surface area contributed by atoms with Crippen molar-refractivity contribution in [2.45, 2.75) is 31.3 Å². The molecule has 1 aliphatic rings. The summed E-state index contributed by atoms with van der Waals surface area (Å²) in [6, 6.07) is 21.2. The van der Waals surface area contributed by atoms with E-state index in [-0.39, 0.29) is 10.8 Å². The summed E-state index contributed by atoms with van der Waals surface area (Å²) in [7, 11) is -3.66. The number of rotatable bonds is 6. The van der Waals surface area contributed by atoms with Crippen molar-refractivity contribution in [3.8, 4) is 5.75 Å². The fourth-order valence-corrected chi connectivity index (χ4v) is 5.02. The lowest BCUT2D eigenvalue weighted by Crippen LogP contribution is -2.30. The minimum absolute atomic E-state index is 0.186. The Morgan fingerprint density at radius 3 is 2.39 bits per heavy atom. The van der Waals surface area contributed by atoms with Crippen LogP contribution in [0.25, 0.3) is 0 Å². The smallest absolute Gasteiger partial charge is 0.265 e. The predicted octanol–water partition coefficient (Wildman–Crippen LogP) is 4.15. The molecule has 0 saturated carbocycles. The van der Waals surface area contributed by atoms with E-state index in [4.69, 9.17) is 4.74 Å². The van der Waals surface area contributed by atoms with Crippen molar-refractivity contribution in [1.29, 1.82) is 0 Å². The number of ether oxygens (including phenoxy) is 1. The largest absolute Gasteiger partial charge is 0.481 e. The number of sulfonamides is 1. The number of aryl methyl sites for hydroxylation is 1. The molecule has 7 heteroatoms. The first-order valence-corrected chi connectivity index (χ1v) is 11.5. The third kappa shape index (κ3) is 4.41. The molecule has 0 aromatic heterocycles. The fourth-order valence-electron chi connectivity index (χ4n) is 3.51. The first kappa shape index (κ1) is 20.9. The first-order chi connectivity index (χ1) is 14.8. The summed E-state index contributed by atoms with van der Waals surface area (Å²) in [4.78, 5) is 12.6. The number of fused-ring (bicyclic) bond motifs is 1. The number of nitrogens with zero attached hydrogens (tertiary/aromatic N) is 1. The Hall–Kier alpha value is -3.32. The zero-order valence-electron chi connectivity index (χ0n) is 17.4. The third-order valence-corrected chi connectivity index (χ3v) is 7.08. The summed E-state index contributed by atoms with van der Waals surface area (Å²) in [5.41, 5.74) is 3.36. The van der Waals surface area contributed by atoms with Crippen molar-refractivity contribution in [2.75, 3.05) is 16.2 Å². The van der Waals surface area contributed by atoms with Gasteiger partial charge in [0, 0.05) is 12.2 Å². The Kier molecular flexibility index (Phi) is 5.69. The Bertz CT molecular complexity index is 1190. The number of hydrogen-bond acceptors (Lipinski definition) is 4. The van der Waals surface area contributed by atoms with Crippen LogP contribution in [0.2, 0.25) is 0 Å². The monoisotopic (exact) mass is 436 g/mol. The van der Waals surface area contributed by atoms with Crippen molar-refractivity contribution < 1.29 is 17.9 Å². The van der Waals surface area contributed by atoms with E-state index in [1.54, 1.807) is 19.1 Å². The molecule has 0 spiro atoms. The molecule has 1 atom stereocenters. The van der Waals surface area contributed by atoms with E-state index in [1.165, 1.54) is 16.4 Å². The van der Waals surface area contributed by atoms with E-state index in [2.05, 4.69) is 5.32 Å². The molecule has 0 saturated heterocycles. The molecule has 160 valence electrons. The third-order valence-electron chi connectivity index (χ3n) is 5.26. The van der Waals surface area contributed by atoms with Crippen molar-refractivity contribution in [2.24, 2.45) is 0 Å². The summed E-state index contributed by atoms with van der Waals surface area (Å²) >= 11 is 0. The second-order valence-electron chi connectivity index (χ2n) is 7.54.